The van der Waals surface area contributed by atoms with Crippen LogP contribution < -0.4 is 10.2 Å². The van der Waals surface area contributed by atoms with Crippen LogP contribution in [-0.2, 0) is 14.6 Å². The van der Waals surface area contributed by atoms with E-state index in [1.54, 1.807) is 34.9 Å². The lowest BCUT2D eigenvalue weighted by Crippen LogP contribution is -2.28. The van der Waals surface area contributed by atoms with Gasteiger partial charge in [0.05, 0.1) is 5.75 Å². The van der Waals surface area contributed by atoms with Gasteiger partial charge >= 0.3 is 0 Å². The Kier molecular flexibility index (Phi) is 7.02. The molecule has 180 valence electrons. The number of nitrogens with zero attached hydrogens (tertiary/aromatic N) is 2. The first-order chi connectivity index (χ1) is 16.8. The maximum Gasteiger partial charge on any atom is 0.298 e. The molecular weight excluding hydrogens is 462 g/mol. The van der Waals surface area contributed by atoms with E-state index in [1.165, 1.54) is 6.26 Å². The molecule has 2 aromatic heterocycles. The highest BCUT2D eigenvalue weighted by Crippen LogP contribution is 2.28. The molecule has 0 saturated heterocycles. The van der Waals surface area contributed by atoms with E-state index in [9.17, 15) is 18.0 Å². The van der Waals surface area contributed by atoms with E-state index in [4.69, 9.17) is 0 Å². The Morgan fingerprint density at radius 1 is 0.943 bits per heavy atom. The van der Waals surface area contributed by atoms with E-state index >= 15 is 0 Å². The standard InChI is InChI=1S/C27H27N3O4S/c1-3-29(17-18-35(2,33)34)22-14-12-21(13-15-22)28-27(32)26(31)25-24(20-9-5-4-6-10-20)19-23-11-7-8-16-30(23)25/h4-16,19H,3,17-18H2,1-2H3,(H,28,32). The molecule has 0 fully saturated rings. The molecule has 7 nitrogen and oxygen atoms in total. The van der Waals surface area contributed by atoms with Crippen molar-refractivity contribution in [1.82, 2.24) is 4.40 Å². The minimum Gasteiger partial charge on any atom is -0.371 e. The topological polar surface area (TPSA) is 88.0 Å². The van der Waals surface area contributed by atoms with E-state index in [0.29, 0.717) is 30.0 Å². The first-order valence-corrected chi connectivity index (χ1v) is 13.4. The number of nitrogens with one attached hydrogen (secondary N) is 1. The number of carbonyl (C=O) groups is 2. The fourth-order valence-electron chi connectivity index (χ4n) is 3.99. The van der Waals surface area contributed by atoms with Crippen molar-refractivity contribution >= 4 is 38.4 Å². The number of pyridine rings is 1. The van der Waals surface area contributed by atoms with Gasteiger partial charge in [-0.05, 0) is 55.0 Å². The molecule has 0 bridgehead atoms. The molecular formula is C27H27N3O4S. The molecule has 0 aliphatic rings. The van der Waals surface area contributed by atoms with E-state index < -0.39 is 21.5 Å². The number of benzene rings is 2. The molecule has 1 N–H and O–H groups in total. The van der Waals surface area contributed by atoms with Crippen LogP contribution in [0.25, 0.3) is 16.6 Å². The van der Waals surface area contributed by atoms with Gasteiger partial charge in [0.25, 0.3) is 11.7 Å². The van der Waals surface area contributed by atoms with E-state index in [0.717, 1.165) is 16.8 Å². The van der Waals surface area contributed by atoms with Crippen molar-refractivity contribution in [2.24, 2.45) is 0 Å². The summed E-state index contributed by atoms with van der Waals surface area (Å²) < 4.78 is 24.7. The van der Waals surface area contributed by atoms with Crippen LogP contribution >= 0.6 is 0 Å². The third-order valence-electron chi connectivity index (χ3n) is 5.79. The molecule has 0 unspecified atom stereocenters. The van der Waals surface area contributed by atoms with Gasteiger partial charge in [-0.3, -0.25) is 9.59 Å². The Bertz CT molecular complexity index is 1460. The third-order valence-corrected chi connectivity index (χ3v) is 6.71. The zero-order valence-corrected chi connectivity index (χ0v) is 20.5. The summed E-state index contributed by atoms with van der Waals surface area (Å²) in [7, 11) is -3.07. The van der Waals surface area contributed by atoms with Gasteiger partial charge in [-0.2, -0.15) is 0 Å². The van der Waals surface area contributed by atoms with E-state index in [2.05, 4.69) is 5.32 Å². The second-order valence-corrected chi connectivity index (χ2v) is 10.6. The van der Waals surface area contributed by atoms with Crippen LogP contribution in [0.2, 0.25) is 0 Å². The Morgan fingerprint density at radius 3 is 2.29 bits per heavy atom. The van der Waals surface area contributed by atoms with Gasteiger partial charge in [0.1, 0.15) is 15.5 Å². The number of amides is 1. The van der Waals surface area contributed by atoms with Gasteiger partial charge in [-0.25, -0.2) is 8.42 Å². The van der Waals surface area contributed by atoms with Crippen LogP contribution in [0.5, 0.6) is 0 Å². The van der Waals surface area contributed by atoms with Gasteiger partial charge < -0.3 is 14.6 Å². The number of carbonyl (C=O) groups excluding carboxylic acids is 2. The molecule has 1 amide bonds. The van der Waals surface area contributed by atoms with Crippen molar-refractivity contribution in [3.05, 3.63) is 90.8 Å². The monoisotopic (exact) mass is 489 g/mol. The SMILES string of the molecule is CCN(CCS(C)(=O)=O)c1ccc(NC(=O)C(=O)c2c(-c3ccccc3)cc3ccccn23)cc1. The molecule has 0 atom stereocenters. The number of rotatable bonds is 9. The number of anilines is 2. The Hall–Kier alpha value is -3.91. The highest BCUT2D eigenvalue weighted by atomic mass is 32.2. The minimum atomic E-state index is -3.07. The first-order valence-electron chi connectivity index (χ1n) is 11.3. The summed E-state index contributed by atoms with van der Waals surface area (Å²) in [4.78, 5) is 28.2. The fraction of sp³-hybridized carbons (Fsp3) is 0.185. The number of ketones is 1. The maximum atomic E-state index is 13.3. The molecule has 0 aliphatic carbocycles. The Labute approximate surface area is 204 Å². The van der Waals surface area contributed by atoms with Crippen LogP contribution in [0.4, 0.5) is 11.4 Å². The van der Waals surface area contributed by atoms with E-state index in [1.807, 2.05) is 66.4 Å². The average Bonchev–Trinajstić information content (AvgIpc) is 3.24. The number of aromatic nitrogens is 1. The van der Waals surface area contributed by atoms with E-state index in [-0.39, 0.29) is 5.75 Å². The average molecular weight is 490 g/mol. The van der Waals surface area contributed by atoms with Crippen LogP contribution in [0, 0.1) is 0 Å². The van der Waals surface area contributed by atoms with Crippen LogP contribution in [0.1, 0.15) is 17.4 Å². The lowest BCUT2D eigenvalue weighted by Gasteiger charge is -2.23. The molecule has 2 heterocycles. The first kappa shape index (κ1) is 24.2. The van der Waals surface area contributed by atoms with Crippen molar-refractivity contribution in [1.29, 1.82) is 0 Å². The second kappa shape index (κ2) is 10.1. The number of sulfone groups is 1. The van der Waals surface area contributed by atoms with Crippen molar-refractivity contribution in [3.63, 3.8) is 0 Å². The molecule has 0 aliphatic heterocycles. The van der Waals surface area contributed by atoms with Crippen LogP contribution in [0.3, 0.4) is 0 Å². The quantitative estimate of drug-likeness (QED) is 0.280. The second-order valence-electron chi connectivity index (χ2n) is 8.31. The summed E-state index contributed by atoms with van der Waals surface area (Å²) in [6.45, 7) is 2.97. The van der Waals surface area contributed by atoms with Crippen molar-refractivity contribution in [3.8, 4) is 11.1 Å². The molecule has 0 radical (unpaired) electrons. The van der Waals surface area contributed by atoms with Crippen molar-refractivity contribution < 1.29 is 18.0 Å². The Morgan fingerprint density at radius 2 is 1.63 bits per heavy atom. The molecule has 4 rings (SSSR count). The van der Waals surface area contributed by atoms with Gasteiger partial charge in [-0.1, -0.05) is 36.4 Å². The zero-order valence-electron chi connectivity index (χ0n) is 19.6. The van der Waals surface area contributed by atoms with Crippen LogP contribution in [0.15, 0.2) is 85.1 Å². The van der Waals surface area contributed by atoms with Crippen molar-refractivity contribution in [2.45, 2.75) is 6.92 Å². The summed E-state index contributed by atoms with van der Waals surface area (Å²) in [5, 5.41) is 2.70. The largest absolute Gasteiger partial charge is 0.371 e. The van der Waals surface area contributed by atoms with Crippen LogP contribution in [-0.4, -0.2) is 49.6 Å². The summed E-state index contributed by atoms with van der Waals surface area (Å²) in [5.74, 6) is -1.31. The third kappa shape index (κ3) is 5.60. The molecule has 8 heteroatoms. The predicted octanol–water partition coefficient (Wildman–Crippen LogP) is 4.30. The van der Waals surface area contributed by atoms with Gasteiger partial charge in [0.15, 0.2) is 0 Å². The zero-order chi connectivity index (χ0) is 25.0. The lowest BCUT2D eigenvalue weighted by atomic mass is 10.0. The van der Waals surface area contributed by atoms with Gasteiger partial charge in [0, 0.05) is 48.0 Å². The highest BCUT2D eigenvalue weighted by Gasteiger charge is 2.24. The predicted molar refractivity (Wildman–Crippen MR) is 140 cm³/mol. The molecule has 2 aromatic carbocycles. The number of Topliss-reactive ketones (excluding diaryl/α,β-unsaturated/α-hetero) is 1. The van der Waals surface area contributed by atoms with Gasteiger partial charge in [0.2, 0.25) is 0 Å². The minimum absolute atomic E-state index is 0.0584. The molecule has 4 aromatic rings. The molecule has 35 heavy (non-hydrogen) atoms. The maximum absolute atomic E-state index is 13.3. The number of hydrogen-bond donors (Lipinski definition) is 1. The summed E-state index contributed by atoms with van der Waals surface area (Å²) in [6, 6.07) is 24.0. The summed E-state index contributed by atoms with van der Waals surface area (Å²) >= 11 is 0. The summed E-state index contributed by atoms with van der Waals surface area (Å²) in [5.41, 5.74) is 3.99. The fourth-order valence-corrected chi connectivity index (χ4v) is 4.54. The Balaban J connectivity index is 1.56. The molecule has 0 spiro atoms. The smallest absolute Gasteiger partial charge is 0.298 e. The van der Waals surface area contributed by atoms with Crippen molar-refractivity contribution in [2.75, 3.05) is 35.3 Å². The van der Waals surface area contributed by atoms with Gasteiger partial charge in [-0.15, -0.1) is 0 Å². The summed E-state index contributed by atoms with van der Waals surface area (Å²) in [6.07, 6.45) is 2.99. The molecule has 0 saturated carbocycles. The highest BCUT2D eigenvalue weighted by molar-refractivity contribution is 7.90. The lowest BCUT2D eigenvalue weighted by molar-refractivity contribution is -0.112. The normalized spacial score (nSPS) is 11.4. The number of fused-ring (bicyclic) bond motifs is 1. The number of hydrogen-bond acceptors (Lipinski definition) is 5.